The standard InChI is InChI=1S/C14H22N2O4/c1-19-9-12(20-2)8-16-14(18)13(15)7-10-3-5-11(17)6-4-10/h3-6,12-13,17H,7-9,15H2,1-2H3,(H,16,18)/t12?,13-/m0/s1. The van der Waals surface area contributed by atoms with Gasteiger partial charge in [0.1, 0.15) is 5.75 Å². The number of nitrogens with one attached hydrogen (secondary N) is 1. The minimum Gasteiger partial charge on any atom is -0.508 e. The molecule has 0 aliphatic heterocycles. The Hall–Kier alpha value is -1.63. The molecule has 1 rings (SSSR count). The zero-order valence-electron chi connectivity index (χ0n) is 11.8. The van der Waals surface area contributed by atoms with Gasteiger partial charge in [0.15, 0.2) is 0 Å². The summed E-state index contributed by atoms with van der Waals surface area (Å²) in [5.74, 6) is -0.0505. The highest BCUT2D eigenvalue weighted by Gasteiger charge is 2.16. The highest BCUT2D eigenvalue weighted by molar-refractivity contribution is 5.81. The molecule has 0 spiro atoms. The van der Waals surface area contributed by atoms with Gasteiger partial charge < -0.3 is 25.6 Å². The molecule has 0 aliphatic carbocycles. The van der Waals surface area contributed by atoms with E-state index in [-0.39, 0.29) is 17.8 Å². The number of carbonyl (C=O) groups excluding carboxylic acids is 1. The summed E-state index contributed by atoms with van der Waals surface area (Å²) >= 11 is 0. The van der Waals surface area contributed by atoms with Crippen LogP contribution in [0.3, 0.4) is 0 Å². The number of amides is 1. The molecule has 6 nitrogen and oxygen atoms in total. The monoisotopic (exact) mass is 282 g/mol. The fourth-order valence-electron chi connectivity index (χ4n) is 1.72. The van der Waals surface area contributed by atoms with Crippen LogP contribution >= 0.6 is 0 Å². The third-order valence-corrected chi connectivity index (χ3v) is 2.92. The molecule has 1 aromatic carbocycles. The fourth-order valence-corrected chi connectivity index (χ4v) is 1.72. The van der Waals surface area contributed by atoms with E-state index in [1.54, 1.807) is 38.5 Å². The van der Waals surface area contributed by atoms with Crippen LogP contribution in [-0.2, 0) is 20.7 Å². The van der Waals surface area contributed by atoms with Crippen LogP contribution in [0.4, 0.5) is 0 Å². The van der Waals surface area contributed by atoms with Crippen molar-refractivity contribution in [3.8, 4) is 5.75 Å². The third-order valence-electron chi connectivity index (χ3n) is 2.92. The molecule has 0 saturated heterocycles. The Labute approximate surface area is 118 Å². The van der Waals surface area contributed by atoms with E-state index < -0.39 is 6.04 Å². The summed E-state index contributed by atoms with van der Waals surface area (Å²) in [4.78, 5) is 11.9. The van der Waals surface area contributed by atoms with E-state index >= 15 is 0 Å². The molecule has 4 N–H and O–H groups in total. The predicted octanol–water partition coefficient (Wildman–Crippen LogP) is 0.0396. The zero-order chi connectivity index (χ0) is 15.0. The number of ether oxygens (including phenoxy) is 2. The maximum atomic E-state index is 11.9. The van der Waals surface area contributed by atoms with Crippen molar-refractivity contribution >= 4 is 5.91 Å². The van der Waals surface area contributed by atoms with Gasteiger partial charge in [-0.2, -0.15) is 0 Å². The van der Waals surface area contributed by atoms with Crippen molar-refractivity contribution in [3.63, 3.8) is 0 Å². The molecule has 0 heterocycles. The van der Waals surface area contributed by atoms with Gasteiger partial charge in [0.25, 0.3) is 0 Å². The normalized spacial score (nSPS) is 13.8. The lowest BCUT2D eigenvalue weighted by Gasteiger charge is -2.17. The number of rotatable bonds is 8. The maximum Gasteiger partial charge on any atom is 0.237 e. The SMILES string of the molecule is COCC(CNC(=O)[C@@H](N)Cc1ccc(O)cc1)OC. The Kier molecular flexibility index (Phi) is 7.00. The van der Waals surface area contributed by atoms with E-state index in [0.29, 0.717) is 19.6 Å². The fraction of sp³-hybridized carbons (Fsp3) is 0.500. The van der Waals surface area contributed by atoms with E-state index in [2.05, 4.69) is 5.32 Å². The van der Waals surface area contributed by atoms with Gasteiger partial charge in [-0.05, 0) is 24.1 Å². The molecule has 0 aliphatic rings. The van der Waals surface area contributed by atoms with Gasteiger partial charge in [-0.1, -0.05) is 12.1 Å². The highest BCUT2D eigenvalue weighted by atomic mass is 16.5. The largest absolute Gasteiger partial charge is 0.508 e. The van der Waals surface area contributed by atoms with Crippen molar-refractivity contribution in [2.75, 3.05) is 27.4 Å². The van der Waals surface area contributed by atoms with Crippen LogP contribution in [0.2, 0.25) is 0 Å². The summed E-state index contributed by atoms with van der Waals surface area (Å²) in [6.07, 6.45) is 0.221. The van der Waals surface area contributed by atoms with Crippen LogP contribution in [0.5, 0.6) is 5.75 Å². The molecule has 6 heteroatoms. The first-order valence-electron chi connectivity index (χ1n) is 6.39. The molecular weight excluding hydrogens is 260 g/mol. The number of hydrogen-bond donors (Lipinski definition) is 3. The first-order chi connectivity index (χ1) is 9.56. The van der Waals surface area contributed by atoms with Crippen LogP contribution in [0.15, 0.2) is 24.3 Å². The number of methoxy groups -OCH3 is 2. The average molecular weight is 282 g/mol. The molecule has 1 amide bonds. The molecule has 112 valence electrons. The van der Waals surface area contributed by atoms with E-state index in [0.717, 1.165) is 5.56 Å². The Morgan fingerprint density at radius 2 is 2.00 bits per heavy atom. The quantitative estimate of drug-likeness (QED) is 0.626. The highest BCUT2D eigenvalue weighted by Crippen LogP contribution is 2.10. The second-order valence-electron chi connectivity index (χ2n) is 4.54. The van der Waals surface area contributed by atoms with Gasteiger partial charge in [-0.25, -0.2) is 0 Å². The minimum absolute atomic E-state index is 0.189. The summed E-state index contributed by atoms with van der Waals surface area (Å²) in [6, 6.07) is 5.98. The molecule has 0 fully saturated rings. The minimum atomic E-state index is -0.639. The van der Waals surface area contributed by atoms with Gasteiger partial charge in [0.05, 0.1) is 18.8 Å². The lowest BCUT2D eigenvalue weighted by Crippen LogP contribution is -2.45. The van der Waals surface area contributed by atoms with Gasteiger partial charge in [0.2, 0.25) is 5.91 Å². The van der Waals surface area contributed by atoms with Gasteiger partial charge in [0, 0.05) is 20.8 Å². The molecule has 20 heavy (non-hydrogen) atoms. The van der Waals surface area contributed by atoms with Crippen molar-refractivity contribution in [3.05, 3.63) is 29.8 Å². The smallest absolute Gasteiger partial charge is 0.237 e. The number of phenolic OH excluding ortho intramolecular Hbond substituents is 1. The molecule has 0 aromatic heterocycles. The summed E-state index contributed by atoms with van der Waals surface area (Å²) in [6.45, 7) is 0.760. The van der Waals surface area contributed by atoms with Gasteiger partial charge >= 0.3 is 0 Å². The molecule has 0 saturated carbocycles. The predicted molar refractivity (Wildman–Crippen MR) is 75.5 cm³/mol. The summed E-state index contributed by atoms with van der Waals surface area (Å²) in [5.41, 5.74) is 6.74. The van der Waals surface area contributed by atoms with Crippen LogP contribution in [0, 0.1) is 0 Å². The van der Waals surface area contributed by atoms with Gasteiger partial charge in [-0.3, -0.25) is 4.79 Å². The zero-order valence-corrected chi connectivity index (χ0v) is 11.8. The van der Waals surface area contributed by atoms with Crippen molar-refractivity contribution in [1.82, 2.24) is 5.32 Å². The summed E-state index contributed by atoms with van der Waals surface area (Å²) in [5, 5.41) is 11.9. The van der Waals surface area contributed by atoms with Crippen molar-refractivity contribution in [2.24, 2.45) is 5.73 Å². The molecule has 1 aromatic rings. The van der Waals surface area contributed by atoms with E-state index in [4.69, 9.17) is 15.2 Å². The molecule has 1 unspecified atom stereocenters. The lowest BCUT2D eigenvalue weighted by molar-refractivity contribution is -0.123. The van der Waals surface area contributed by atoms with E-state index in [1.807, 2.05) is 0 Å². The summed E-state index contributed by atoms with van der Waals surface area (Å²) < 4.78 is 10.1. The Balaban J connectivity index is 2.40. The maximum absolute atomic E-state index is 11.9. The van der Waals surface area contributed by atoms with Crippen molar-refractivity contribution in [2.45, 2.75) is 18.6 Å². The van der Waals surface area contributed by atoms with Crippen LogP contribution in [0.1, 0.15) is 5.56 Å². The van der Waals surface area contributed by atoms with E-state index in [9.17, 15) is 9.90 Å². The number of phenols is 1. The number of nitrogens with two attached hydrogens (primary N) is 1. The number of aromatic hydroxyl groups is 1. The van der Waals surface area contributed by atoms with Crippen LogP contribution in [0.25, 0.3) is 0 Å². The Bertz CT molecular complexity index is 408. The molecular formula is C14H22N2O4. The number of carbonyl (C=O) groups is 1. The van der Waals surface area contributed by atoms with Crippen LogP contribution < -0.4 is 11.1 Å². The number of benzene rings is 1. The first kappa shape index (κ1) is 16.4. The number of hydrogen-bond acceptors (Lipinski definition) is 5. The van der Waals surface area contributed by atoms with E-state index in [1.165, 1.54) is 0 Å². The van der Waals surface area contributed by atoms with Crippen LogP contribution in [-0.4, -0.2) is 50.5 Å². The van der Waals surface area contributed by atoms with Gasteiger partial charge in [-0.15, -0.1) is 0 Å². The van der Waals surface area contributed by atoms with Crippen molar-refractivity contribution < 1.29 is 19.4 Å². The Morgan fingerprint density at radius 3 is 2.55 bits per heavy atom. The molecule has 2 atom stereocenters. The topological polar surface area (TPSA) is 93.8 Å². The molecule has 0 radical (unpaired) electrons. The first-order valence-corrected chi connectivity index (χ1v) is 6.39. The summed E-state index contributed by atoms with van der Waals surface area (Å²) in [7, 11) is 3.14. The second kappa shape index (κ2) is 8.52. The lowest BCUT2D eigenvalue weighted by atomic mass is 10.1. The molecule has 0 bridgehead atoms. The average Bonchev–Trinajstić information content (AvgIpc) is 2.45. The Morgan fingerprint density at radius 1 is 1.35 bits per heavy atom. The second-order valence-corrected chi connectivity index (χ2v) is 4.54. The third kappa shape index (κ3) is 5.56. The van der Waals surface area contributed by atoms with Crippen molar-refractivity contribution in [1.29, 1.82) is 0 Å².